The van der Waals surface area contributed by atoms with Crippen LogP contribution in [0.15, 0.2) is 66.7 Å². The van der Waals surface area contributed by atoms with E-state index in [4.69, 9.17) is 0 Å². The Hall–Kier alpha value is -1.76. The van der Waals surface area contributed by atoms with Gasteiger partial charge in [0.25, 0.3) is 0 Å². The van der Waals surface area contributed by atoms with Crippen molar-refractivity contribution in [2.45, 2.75) is 34.6 Å². The van der Waals surface area contributed by atoms with Crippen molar-refractivity contribution in [2.75, 3.05) is 0 Å². The number of fused-ring (bicyclic) bond motifs is 5. The van der Waals surface area contributed by atoms with E-state index >= 15 is 0 Å². The van der Waals surface area contributed by atoms with Crippen molar-refractivity contribution in [1.82, 2.24) is 0 Å². The van der Waals surface area contributed by atoms with E-state index in [0.29, 0.717) is 0 Å². The number of aryl methyl sites for hydroxylation is 3. The Morgan fingerprint density at radius 1 is 0.645 bits per heavy atom. The number of hydrogen-bond acceptors (Lipinski definition) is 0. The van der Waals surface area contributed by atoms with E-state index in [9.17, 15) is 0 Å². The topological polar surface area (TPSA) is 0 Å². The van der Waals surface area contributed by atoms with Crippen LogP contribution in [0.4, 0.5) is 0 Å². The Morgan fingerprint density at radius 2 is 1.26 bits per heavy atom. The Bertz CT molecular complexity index is 1260. The molecule has 2 heteroatoms. The van der Waals surface area contributed by atoms with E-state index in [1.54, 1.807) is 0 Å². The van der Waals surface area contributed by atoms with Gasteiger partial charge in [-0.1, -0.05) is 81.1 Å². The molecule has 2 radical (unpaired) electrons. The fourth-order valence-corrected chi connectivity index (χ4v) is 4.04. The van der Waals surface area contributed by atoms with Crippen molar-refractivity contribution < 1.29 is 23.3 Å². The molecule has 0 atom stereocenters. The summed E-state index contributed by atoms with van der Waals surface area (Å²) >= 11 is 1.36. The van der Waals surface area contributed by atoms with Crippen LogP contribution in [-0.4, -0.2) is 6.88 Å². The summed E-state index contributed by atoms with van der Waals surface area (Å²) < 4.78 is 0. The molecule has 0 unspecified atom stereocenters. The maximum absolute atomic E-state index is 3.06. The Labute approximate surface area is 205 Å². The first-order valence-electron chi connectivity index (χ1n) is 9.88. The molecular formula is C29H32SiZr-4. The second-order valence-electron chi connectivity index (χ2n) is 7.75. The van der Waals surface area contributed by atoms with Gasteiger partial charge in [-0.25, -0.2) is 0 Å². The molecule has 5 aromatic rings. The summed E-state index contributed by atoms with van der Waals surface area (Å²) in [5, 5.41) is 8.12. The molecule has 0 bridgehead atoms. The fourth-order valence-electron chi connectivity index (χ4n) is 4.04. The molecule has 0 N–H and O–H groups in total. The van der Waals surface area contributed by atoms with Gasteiger partial charge < -0.3 is 14.9 Å². The van der Waals surface area contributed by atoms with Gasteiger partial charge >= 0.3 is 30.2 Å². The summed E-state index contributed by atoms with van der Waals surface area (Å²) in [6.07, 6.45) is 0. The molecule has 0 amide bonds. The predicted molar refractivity (Wildman–Crippen MR) is 139 cm³/mol. The standard InChI is InChI=1S/C18H13.C9H13.2CH3.Si.Zr/c1-12-6-9-17-15(10-12)11-14-8-7-13-4-2-3-5-16(13)18(14)17;1-6-5-7(2)9(4)8(6)3;;;;/h2-11H,1H3;5H,1-4H3;2*1H3;;/q4*-1;;. The SMILES string of the molecule is Cc1[cH-]c(C)c(C)c1C.Cc1ccc2c(c1)[cH-]c1ccc3ccccc3c12.[CH3-].[CH3-].[Si]=[Zr]. The molecule has 0 aliphatic carbocycles. The number of benzene rings is 3. The molecule has 0 aliphatic rings. The van der Waals surface area contributed by atoms with Crippen LogP contribution in [0, 0.1) is 49.5 Å². The van der Waals surface area contributed by atoms with Crippen molar-refractivity contribution >= 4 is 39.2 Å². The van der Waals surface area contributed by atoms with Crippen LogP contribution < -0.4 is 0 Å². The molecule has 0 nitrogen and oxygen atoms in total. The van der Waals surface area contributed by atoms with Crippen molar-refractivity contribution in [2.24, 2.45) is 0 Å². The van der Waals surface area contributed by atoms with Gasteiger partial charge in [-0.05, 0) is 12.3 Å². The van der Waals surface area contributed by atoms with E-state index in [2.05, 4.69) is 108 Å². The molecule has 0 aliphatic heterocycles. The van der Waals surface area contributed by atoms with Crippen LogP contribution in [-0.2, 0) is 23.3 Å². The zero-order valence-corrected chi connectivity index (χ0v) is 23.3. The van der Waals surface area contributed by atoms with E-state index in [1.807, 2.05) is 0 Å². The minimum absolute atomic E-state index is 0. The van der Waals surface area contributed by atoms with E-state index in [-0.39, 0.29) is 14.9 Å². The summed E-state index contributed by atoms with van der Waals surface area (Å²) in [6.45, 7) is 13.9. The van der Waals surface area contributed by atoms with Crippen molar-refractivity contribution in [3.05, 3.63) is 109 Å². The summed E-state index contributed by atoms with van der Waals surface area (Å²) in [5.41, 5.74) is 7.07. The predicted octanol–water partition coefficient (Wildman–Crippen LogP) is 8.33. The first-order valence-corrected chi connectivity index (χ1v) is 14.1. The van der Waals surface area contributed by atoms with Crippen molar-refractivity contribution in [1.29, 1.82) is 0 Å². The molecule has 0 saturated carbocycles. The third kappa shape index (κ3) is 5.54. The fraction of sp³-hybridized carbons (Fsp3) is 0.172. The average molecular weight is 500 g/mol. The normalized spacial score (nSPS) is 9.81. The first-order chi connectivity index (χ1) is 14.0. The minimum atomic E-state index is 0. The zero-order chi connectivity index (χ0) is 21.1. The van der Waals surface area contributed by atoms with E-state index < -0.39 is 0 Å². The molecule has 5 aromatic carbocycles. The summed E-state index contributed by atoms with van der Waals surface area (Å²) in [7, 11) is 0. The van der Waals surface area contributed by atoms with Crippen molar-refractivity contribution in [3.63, 3.8) is 0 Å². The van der Waals surface area contributed by atoms with Gasteiger partial charge in [-0.2, -0.15) is 28.3 Å². The van der Waals surface area contributed by atoms with Gasteiger partial charge in [0.05, 0.1) is 0 Å². The maximum atomic E-state index is 3.06. The summed E-state index contributed by atoms with van der Waals surface area (Å²) in [4.78, 5) is 0. The van der Waals surface area contributed by atoms with Gasteiger partial charge in [-0.15, -0.1) is 39.7 Å². The van der Waals surface area contributed by atoms with Gasteiger partial charge in [0, 0.05) is 0 Å². The molecule has 160 valence electrons. The molecule has 0 saturated heterocycles. The van der Waals surface area contributed by atoms with Gasteiger partial charge in [0.15, 0.2) is 0 Å². The molecular weight excluding hydrogens is 468 g/mol. The van der Waals surface area contributed by atoms with E-state index in [0.717, 1.165) is 0 Å². The summed E-state index contributed by atoms with van der Waals surface area (Å²) in [5.74, 6) is 0. The van der Waals surface area contributed by atoms with Crippen LogP contribution in [0.3, 0.4) is 0 Å². The second-order valence-corrected chi connectivity index (χ2v) is 7.75. The number of rotatable bonds is 0. The third-order valence-corrected chi connectivity index (χ3v) is 5.93. The van der Waals surface area contributed by atoms with Gasteiger partial charge in [-0.3, -0.25) is 0 Å². The molecule has 0 spiro atoms. The third-order valence-electron chi connectivity index (χ3n) is 5.93. The Balaban J connectivity index is 0.000000319. The van der Waals surface area contributed by atoms with Crippen LogP contribution >= 0.6 is 0 Å². The van der Waals surface area contributed by atoms with Crippen LogP contribution in [0.1, 0.15) is 27.8 Å². The van der Waals surface area contributed by atoms with E-state index in [1.165, 1.54) is 83.5 Å². The van der Waals surface area contributed by atoms with Crippen LogP contribution in [0.2, 0.25) is 0 Å². The Kier molecular flexibility index (Phi) is 10.3. The molecule has 0 aromatic heterocycles. The molecule has 0 fully saturated rings. The van der Waals surface area contributed by atoms with Crippen molar-refractivity contribution in [3.8, 4) is 0 Å². The van der Waals surface area contributed by atoms with Crippen LogP contribution in [0.5, 0.6) is 0 Å². The van der Waals surface area contributed by atoms with Crippen LogP contribution in [0.25, 0.3) is 32.3 Å². The second kappa shape index (κ2) is 11.7. The molecule has 31 heavy (non-hydrogen) atoms. The first kappa shape index (κ1) is 27.3. The average Bonchev–Trinajstić information content (AvgIpc) is 3.21. The number of hydrogen-bond donors (Lipinski definition) is 0. The Morgan fingerprint density at radius 3 is 1.84 bits per heavy atom. The summed E-state index contributed by atoms with van der Waals surface area (Å²) in [6, 6.07) is 24.3. The quantitative estimate of drug-likeness (QED) is 0.148. The van der Waals surface area contributed by atoms with Gasteiger partial charge in [0.1, 0.15) is 0 Å². The molecule has 5 rings (SSSR count). The monoisotopic (exact) mass is 498 g/mol. The molecule has 0 heterocycles. The van der Waals surface area contributed by atoms with Gasteiger partial charge in [0.2, 0.25) is 0 Å². The zero-order valence-electron chi connectivity index (χ0n) is 19.9.